The van der Waals surface area contributed by atoms with Crippen molar-refractivity contribution in [1.82, 2.24) is 24.6 Å². The minimum absolute atomic E-state index is 0.0415. The van der Waals surface area contributed by atoms with Crippen LogP contribution in [0.15, 0.2) is 18.2 Å². The van der Waals surface area contributed by atoms with E-state index >= 15 is 0 Å². The first-order valence-electron chi connectivity index (χ1n) is 10.3. The third-order valence-electron chi connectivity index (χ3n) is 5.93. The molecule has 32 heavy (non-hydrogen) atoms. The lowest BCUT2D eigenvalue weighted by Gasteiger charge is -2.34. The van der Waals surface area contributed by atoms with E-state index in [9.17, 15) is 17.6 Å². The first-order chi connectivity index (χ1) is 15.1. The second kappa shape index (κ2) is 8.41. The van der Waals surface area contributed by atoms with Crippen LogP contribution in [0.3, 0.4) is 0 Å². The molecule has 1 aromatic heterocycles. The Kier molecular flexibility index (Phi) is 5.94. The normalized spacial score (nSPS) is 20.7. The van der Waals surface area contributed by atoms with Crippen molar-refractivity contribution in [1.29, 1.82) is 0 Å². The van der Waals surface area contributed by atoms with Crippen molar-refractivity contribution in [2.24, 2.45) is 0 Å². The predicted octanol–water partition coefficient (Wildman–Crippen LogP) is 1.07. The smallest absolute Gasteiger partial charge is 0.254 e. The van der Waals surface area contributed by atoms with E-state index < -0.39 is 26.7 Å². The number of hydrogen-bond acceptors (Lipinski definition) is 7. The first kappa shape index (κ1) is 22.6. The minimum atomic E-state index is -3.42. The average Bonchev–Trinajstić information content (AvgIpc) is 3.35. The van der Waals surface area contributed by atoms with Gasteiger partial charge in [0.2, 0.25) is 10.0 Å². The third-order valence-corrected chi connectivity index (χ3v) is 7.72. The molecule has 12 heteroatoms. The molecule has 1 N–H and O–H groups in total. The lowest BCUT2D eigenvalue weighted by Crippen LogP contribution is -2.45. The van der Waals surface area contributed by atoms with E-state index in [1.807, 2.05) is 0 Å². The number of likely N-dealkylation sites (tertiary alicyclic amines) is 1. The summed E-state index contributed by atoms with van der Waals surface area (Å²) in [7, 11) is -2.05. The maximum absolute atomic E-state index is 14.0. The number of aromatic nitrogens is 3. The van der Waals surface area contributed by atoms with Gasteiger partial charge in [0.1, 0.15) is 11.3 Å². The Bertz CT molecular complexity index is 1140. The summed E-state index contributed by atoms with van der Waals surface area (Å²) in [4.78, 5) is 14.5. The summed E-state index contributed by atoms with van der Waals surface area (Å²) in [5, 5.41) is 7.73. The van der Waals surface area contributed by atoms with Crippen LogP contribution < -0.4 is 9.46 Å². The molecule has 2 aliphatic rings. The molecule has 2 aromatic rings. The number of rotatable bonds is 6. The van der Waals surface area contributed by atoms with Crippen LogP contribution in [0, 0.1) is 5.82 Å². The zero-order chi connectivity index (χ0) is 23.1. The quantitative estimate of drug-likeness (QED) is 0.676. The monoisotopic (exact) mass is 467 g/mol. The molecule has 0 aliphatic carbocycles. The van der Waals surface area contributed by atoms with Crippen LogP contribution >= 0.6 is 0 Å². The molecule has 174 valence electrons. The molecule has 1 fully saturated rings. The Balaban J connectivity index is 1.43. The second-order valence-corrected chi connectivity index (χ2v) is 10.7. The highest BCUT2D eigenvalue weighted by atomic mass is 32.2. The van der Waals surface area contributed by atoms with E-state index in [4.69, 9.17) is 9.47 Å². The highest BCUT2D eigenvalue weighted by Gasteiger charge is 2.45. The van der Waals surface area contributed by atoms with Crippen LogP contribution in [0.4, 0.5) is 4.39 Å². The Morgan fingerprint density at radius 3 is 2.84 bits per heavy atom. The van der Waals surface area contributed by atoms with Gasteiger partial charge in [-0.2, -0.15) is 0 Å². The number of nitrogens with zero attached hydrogens (tertiary/aromatic N) is 4. The van der Waals surface area contributed by atoms with Gasteiger partial charge in [0.25, 0.3) is 5.91 Å². The largest absolute Gasteiger partial charge is 0.494 e. The maximum atomic E-state index is 14.0. The number of amides is 1. The van der Waals surface area contributed by atoms with Crippen molar-refractivity contribution < 1.29 is 27.1 Å². The van der Waals surface area contributed by atoms with Crippen LogP contribution in [-0.4, -0.2) is 65.3 Å². The van der Waals surface area contributed by atoms with Crippen LogP contribution in [0.25, 0.3) is 0 Å². The molecule has 1 atom stereocenters. The van der Waals surface area contributed by atoms with Gasteiger partial charge in [-0.1, -0.05) is 5.21 Å². The number of benzene rings is 1. The number of sulfonamides is 1. The number of methoxy groups -OCH3 is 1. The second-order valence-electron chi connectivity index (χ2n) is 8.35. The van der Waals surface area contributed by atoms with Crippen LogP contribution in [0.2, 0.25) is 0 Å². The molecule has 2 aliphatic heterocycles. The van der Waals surface area contributed by atoms with E-state index in [-0.39, 0.29) is 30.4 Å². The van der Waals surface area contributed by atoms with Crippen molar-refractivity contribution in [3.05, 3.63) is 41.0 Å². The van der Waals surface area contributed by atoms with Gasteiger partial charge >= 0.3 is 0 Å². The fourth-order valence-corrected chi connectivity index (χ4v) is 4.58. The highest BCUT2D eigenvalue weighted by Crippen LogP contribution is 2.33. The molecule has 0 radical (unpaired) electrons. The van der Waals surface area contributed by atoms with E-state index in [1.54, 1.807) is 23.4 Å². The number of fused-ring (bicyclic) bond motifs is 1. The summed E-state index contributed by atoms with van der Waals surface area (Å²) in [6.07, 6.45) is 0.603. The molecule has 1 unspecified atom stereocenters. The Labute approximate surface area is 185 Å². The first-order valence-corrected chi connectivity index (χ1v) is 11.9. The van der Waals surface area contributed by atoms with Crippen molar-refractivity contribution in [3.63, 3.8) is 0 Å². The lowest BCUT2D eigenvalue weighted by molar-refractivity contribution is -0.0828. The number of carbonyl (C=O) groups is 1. The molecular weight excluding hydrogens is 441 g/mol. The Hall–Kier alpha value is -2.57. The van der Waals surface area contributed by atoms with Crippen molar-refractivity contribution in [2.45, 2.75) is 50.8 Å². The summed E-state index contributed by atoms with van der Waals surface area (Å²) in [6, 6.07) is 4.15. The molecule has 1 amide bonds. The van der Waals surface area contributed by atoms with Gasteiger partial charge in [-0.3, -0.25) is 4.79 Å². The van der Waals surface area contributed by atoms with E-state index in [1.165, 1.54) is 25.3 Å². The van der Waals surface area contributed by atoms with Gasteiger partial charge in [-0.05, 0) is 38.5 Å². The summed E-state index contributed by atoms with van der Waals surface area (Å²) in [5.74, 6) is -0.783. The van der Waals surface area contributed by atoms with Crippen LogP contribution in [0.1, 0.15) is 42.0 Å². The minimum Gasteiger partial charge on any atom is -0.494 e. The number of hydrogen-bond donors (Lipinski definition) is 1. The van der Waals surface area contributed by atoms with Crippen LogP contribution in [-0.2, 0) is 34.5 Å². The number of halogens is 1. The maximum Gasteiger partial charge on any atom is 0.254 e. The standard InChI is InChI=1S/C20H26FN5O5S/c1-13(2)32(28,29)22-9-16-17-10-31-20(12-26(17)24-23-16)6-7-25(11-20)19(27)14-4-5-18(30-3)15(21)8-14/h4-5,8,13,22H,6-7,9-12H2,1-3H3. The lowest BCUT2D eigenvalue weighted by atomic mass is 10.0. The zero-order valence-corrected chi connectivity index (χ0v) is 19.0. The van der Waals surface area contributed by atoms with Gasteiger partial charge in [-0.15, -0.1) is 5.10 Å². The zero-order valence-electron chi connectivity index (χ0n) is 18.2. The fourth-order valence-electron chi connectivity index (χ4n) is 3.91. The van der Waals surface area contributed by atoms with E-state index in [0.717, 1.165) is 0 Å². The van der Waals surface area contributed by atoms with Gasteiger partial charge in [0.05, 0.1) is 44.3 Å². The highest BCUT2D eigenvalue weighted by molar-refractivity contribution is 7.90. The summed E-state index contributed by atoms with van der Waals surface area (Å²) < 4.78 is 53.3. The van der Waals surface area contributed by atoms with Gasteiger partial charge in [0.15, 0.2) is 11.6 Å². The molecule has 3 heterocycles. The van der Waals surface area contributed by atoms with Crippen molar-refractivity contribution in [3.8, 4) is 5.75 Å². The number of ether oxygens (including phenoxy) is 2. The Morgan fingerprint density at radius 1 is 1.38 bits per heavy atom. The van der Waals surface area contributed by atoms with Crippen molar-refractivity contribution >= 4 is 15.9 Å². The average molecular weight is 468 g/mol. The molecule has 1 saturated heterocycles. The molecule has 1 aromatic carbocycles. The van der Waals surface area contributed by atoms with Gasteiger partial charge < -0.3 is 14.4 Å². The molecule has 4 rings (SSSR count). The molecule has 0 bridgehead atoms. The Morgan fingerprint density at radius 2 is 2.16 bits per heavy atom. The summed E-state index contributed by atoms with van der Waals surface area (Å²) >= 11 is 0. The summed E-state index contributed by atoms with van der Waals surface area (Å²) in [5.41, 5.74) is 0.862. The molecule has 0 saturated carbocycles. The summed E-state index contributed by atoms with van der Waals surface area (Å²) in [6.45, 7) is 4.66. The van der Waals surface area contributed by atoms with Crippen molar-refractivity contribution in [2.75, 3.05) is 20.2 Å². The number of carbonyl (C=O) groups excluding carboxylic acids is 1. The van der Waals surface area contributed by atoms with Gasteiger partial charge in [-0.25, -0.2) is 22.2 Å². The van der Waals surface area contributed by atoms with E-state index in [2.05, 4.69) is 15.0 Å². The molecule has 10 nitrogen and oxygen atoms in total. The molecule has 1 spiro atoms. The topological polar surface area (TPSA) is 116 Å². The SMILES string of the molecule is COc1ccc(C(=O)N2CCC3(C2)Cn2nnc(CNS(=O)(=O)C(C)C)c2CO3)cc1F. The van der Waals surface area contributed by atoms with Crippen LogP contribution in [0.5, 0.6) is 5.75 Å². The number of nitrogens with one attached hydrogen (secondary N) is 1. The van der Waals surface area contributed by atoms with E-state index in [0.29, 0.717) is 37.4 Å². The van der Waals surface area contributed by atoms with Gasteiger partial charge in [0, 0.05) is 12.1 Å². The molecular formula is C20H26FN5O5S. The third kappa shape index (κ3) is 4.21. The fraction of sp³-hybridized carbons (Fsp3) is 0.550. The predicted molar refractivity (Wildman–Crippen MR) is 112 cm³/mol.